The molecule has 2 rings (SSSR count). The fourth-order valence-electron chi connectivity index (χ4n) is 2.74. The summed E-state index contributed by atoms with van der Waals surface area (Å²) in [6.45, 7) is 10.4. The average Bonchev–Trinajstić information content (AvgIpc) is 3.05. The highest BCUT2D eigenvalue weighted by Crippen LogP contribution is 2.41. The van der Waals surface area contributed by atoms with E-state index in [0.29, 0.717) is 10.6 Å². The lowest BCUT2D eigenvalue weighted by atomic mass is 9.80. The van der Waals surface area contributed by atoms with Crippen LogP contribution in [-0.2, 0) is 5.41 Å². The van der Waals surface area contributed by atoms with Gasteiger partial charge in [-0.15, -0.1) is 0 Å². The molecule has 0 amide bonds. The van der Waals surface area contributed by atoms with Gasteiger partial charge >= 0.3 is 0 Å². The van der Waals surface area contributed by atoms with Crippen LogP contribution in [0.5, 0.6) is 10.8 Å². The van der Waals surface area contributed by atoms with Gasteiger partial charge in [0.15, 0.2) is 0 Å². The molecule has 0 fully saturated rings. The van der Waals surface area contributed by atoms with Gasteiger partial charge in [0, 0.05) is 31.0 Å². The molecule has 0 atom stereocenters. The van der Waals surface area contributed by atoms with E-state index in [0.717, 1.165) is 41.1 Å². The SMILES string of the molecule is CCC(C)(CC)c1nsc(Oc2cc(C)c(/N=C\N(C)C)cc2C)c1C#N. The highest BCUT2D eigenvalue weighted by atomic mass is 32.1. The van der Waals surface area contributed by atoms with Gasteiger partial charge < -0.3 is 9.64 Å². The van der Waals surface area contributed by atoms with Crippen LogP contribution in [0, 0.1) is 25.2 Å². The van der Waals surface area contributed by atoms with Gasteiger partial charge in [-0.3, -0.25) is 0 Å². The standard InChI is InChI=1S/C21H28N4OS/c1-8-21(5,9-2)19-16(12-22)20(27-24-19)26-18-11-14(3)17(10-15(18)4)23-13-25(6)7/h10-11,13H,8-9H2,1-7H3/b23-13-. The summed E-state index contributed by atoms with van der Waals surface area (Å²) in [4.78, 5) is 6.39. The molecule has 0 spiro atoms. The molecule has 0 bridgehead atoms. The van der Waals surface area contributed by atoms with E-state index in [1.807, 2.05) is 45.0 Å². The van der Waals surface area contributed by atoms with E-state index >= 15 is 0 Å². The van der Waals surface area contributed by atoms with Gasteiger partial charge in [0.2, 0.25) is 5.06 Å². The normalized spacial score (nSPS) is 11.6. The molecule has 0 aliphatic heterocycles. The van der Waals surface area contributed by atoms with Crippen LogP contribution in [0.1, 0.15) is 56.0 Å². The number of hydrogen-bond acceptors (Lipinski definition) is 5. The molecule has 144 valence electrons. The van der Waals surface area contributed by atoms with Crippen molar-refractivity contribution in [2.45, 2.75) is 52.9 Å². The van der Waals surface area contributed by atoms with Gasteiger partial charge in [-0.1, -0.05) is 20.8 Å². The summed E-state index contributed by atoms with van der Waals surface area (Å²) in [5.41, 5.74) is 4.18. The van der Waals surface area contributed by atoms with Crippen molar-refractivity contribution in [3.63, 3.8) is 0 Å². The number of aliphatic imine (C=N–C) groups is 1. The van der Waals surface area contributed by atoms with Crippen molar-refractivity contribution in [2.24, 2.45) is 4.99 Å². The minimum atomic E-state index is -0.112. The maximum atomic E-state index is 9.72. The Balaban J connectivity index is 2.40. The Morgan fingerprint density at radius 3 is 2.48 bits per heavy atom. The number of aryl methyl sites for hydroxylation is 2. The smallest absolute Gasteiger partial charge is 0.218 e. The average molecular weight is 385 g/mol. The topological polar surface area (TPSA) is 61.5 Å². The summed E-state index contributed by atoms with van der Waals surface area (Å²) in [7, 11) is 3.88. The van der Waals surface area contributed by atoms with Crippen molar-refractivity contribution in [3.05, 3.63) is 34.5 Å². The summed E-state index contributed by atoms with van der Waals surface area (Å²) in [6.07, 6.45) is 3.64. The zero-order valence-corrected chi connectivity index (χ0v) is 18.1. The molecule has 1 aromatic carbocycles. The van der Waals surface area contributed by atoms with Crippen LogP contribution in [0.2, 0.25) is 0 Å². The lowest BCUT2D eigenvalue weighted by Gasteiger charge is -2.24. The molecule has 5 nitrogen and oxygen atoms in total. The van der Waals surface area contributed by atoms with Gasteiger partial charge in [-0.05, 0) is 49.9 Å². The molecule has 0 saturated heterocycles. The number of hydrogen-bond donors (Lipinski definition) is 0. The summed E-state index contributed by atoms with van der Waals surface area (Å²) < 4.78 is 10.7. The summed E-state index contributed by atoms with van der Waals surface area (Å²) in [5.74, 6) is 0.734. The van der Waals surface area contributed by atoms with Crippen LogP contribution < -0.4 is 4.74 Å². The van der Waals surface area contributed by atoms with Gasteiger partial charge in [0.1, 0.15) is 17.4 Å². The molecule has 1 aromatic heterocycles. The largest absolute Gasteiger partial charge is 0.443 e. The second-order valence-corrected chi connectivity index (χ2v) is 8.02. The predicted molar refractivity (Wildman–Crippen MR) is 113 cm³/mol. The van der Waals surface area contributed by atoms with Crippen molar-refractivity contribution in [1.82, 2.24) is 9.27 Å². The molecular weight excluding hydrogens is 356 g/mol. The van der Waals surface area contributed by atoms with E-state index in [-0.39, 0.29) is 5.41 Å². The number of ether oxygens (including phenoxy) is 1. The highest BCUT2D eigenvalue weighted by Gasteiger charge is 2.31. The third kappa shape index (κ3) is 4.48. The number of nitrogens with zero attached hydrogens (tertiary/aromatic N) is 4. The van der Waals surface area contributed by atoms with E-state index < -0.39 is 0 Å². The van der Waals surface area contributed by atoms with Crippen LogP contribution in [-0.4, -0.2) is 29.7 Å². The molecule has 0 saturated carbocycles. The molecule has 6 heteroatoms. The van der Waals surface area contributed by atoms with Gasteiger partial charge in [0.05, 0.1) is 17.7 Å². The maximum absolute atomic E-state index is 9.72. The zero-order chi connectivity index (χ0) is 20.2. The van der Waals surface area contributed by atoms with Gasteiger partial charge in [-0.25, -0.2) is 4.99 Å². The first-order valence-corrected chi connectivity index (χ1v) is 9.93. The van der Waals surface area contributed by atoms with Crippen molar-refractivity contribution in [3.8, 4) is 16.9 Å². The summed E-state index contributed by atoms with van der Waals surface area (Å²) >= 11 is 1.26. The monoisotopic (exact) mass is 384 g/mol. The Kier molecular flexibility index (Phi) is 6.61. The fourth-order valence-corrected chi connectivity index (χ4v) is 3.59. The molecular formula is C21H28N4OS. The number of aromatic nitrogens is 1. The second-order valence-electron chi connectivity index (χ2n) is 7.29. The van der Waals surface area contributed by atoms with E-state index in [4.69, 9.17) is 4.74 Å². The number of nitriles is 1. The highest BCUT2D eigenvalue weighted by molar-refractivity contribution is 7.08. The molecule has 2 aromatic rings. The Bertz CT molecular complexity index is 873. The molecule has 0 aliphatic carbocycles. The molecule has 0 unspecified atom stereocenters. The minimum Gasteiger partial charge on any atom is -0.443 e. The fraction of sp³-hybridized carbons (Fsp3) is 0.476. The quantitative estimate of drug-likeness (QED) is 0.452. The Morgan fingerprint density at radius 1 is 1.26 bits per heavy atom. The Labute approximate surface area is 166 Å². The molecule has 27 heavy (non-hydrogen) atoms. The maximum Gasteiger partial charge on any atom is 0.218 e. The van der Waals surface area contributed by atoms with Crippen LogP contribution in [0.3, 0.4) is 0 Å². The van der Waals surface area contributed by atoms with E-state index in [1.54, 1.807) is 6.34 Å². The molecule has 1 heterocycles. The first-order chi connectivity index (χ1) is 12.8. The first kappa shape index (κ1) is 20.9. The molecule has 0 N–H and O–H groups in total. The van der Waals surface area contributed by atoms with Crippen LogP contribution in [0.4, 0.5) is 5.69 Å². The molecule has 0 aliphatic rings. The third-order valence-corrected chi connectivity index (χ3v) is 5.76. The number of benzene rings is 1. The van der Waals surface area contributed by atoms with Crippen LogP contribution >= 0.6 is 11.5 Å². The minimum absolute atomic E-state index is 0.112. The van der Waals surface area contributed by atoms with E-state index in [1.165, 1.54) is 11.5 Å². The second kappa shape index (κ2) is 8.53. The van der Waals surface area contributed by atoms with E-state index in [9.17, 15) is 5.26 Å². The Hall–Kier alpha value is -2.39. The first-order valence-electron chi connectivity index (χ1n) is 9.15. The third-order valence-electron chi connectivity index (χ3n) is 5.03. The predicted octanol–water partition coefficient (Wildman–Crippen LogP) is 5.72. The summed E-state index contributed by atoms with van der Waals surface area (Å²) in [6, 6.07) is 6.28. The van der Waals surface area contributed by atoms with Crippen molar-refractivity contribution in [2.75, 3.05) is 14.1 Å². The van der Waals surface area contributed by atoms with Gasteiger partial charge in [-0.2, -0.15) is 9.64 Å². The van der Waals surface area contributed by atoms with E-state index in [2.05, 4.69) is 36.2 Å². The lowest BCUT2D eigenvalue weighted by Crippen LogP contribution is -2.21. The van der Waals surface area contributed by atoms with Crippen LogP contribution in [0.25, 0.3) is 0 Å². The van der Waals surface area contributed by atoms with Crippen molar-refractivity contribution >= 4 is 23.6 Å². The van der Waals surface area contributed by atoms with Crippen molar-refractivity contribution < 1.29 is 4.74 Å². The Morgan fingerprint density at radius 2 is 1.93 bits per heavy atom. The number of rotatable bonds is 7. The summed E-state index contributed by atoms with van der Waals surface area (Å²) in [5, 5.41) is 10.3. The zero-order valence-electron chi connectivity index (χ0n) is 17.3. The van der Waals surface area contributed by atoms with Crippen LogP contribution in [0.15, 0.2) is 17.1 Å². The van der Waals surface area contributed by atoms with Crippen molar-refractivity contribution in [1.29, 1.82) is 5.26 Å². The molecule has 0 radical (unpaired) electrons. The lowest BCUT2D eigenvalue weighted by molar-refractivity contribution is 0.426. The van der Waals surface area contributed by atoms with Gasteiger partial charge in [0.25, 0.3) is 0 Å².